The van der Waals surface area contributed by atoms with Crippen LogP contribution in [0.25, 0.3) is 11.4 Å². The summed E-state index contributed by atoms with van der Waals surface area (Å²) in [6.07, 6.45) is -0.232. The Morgan fingerprint density at radius 3 is 2.57 bits per heavy atom. The molecule has 0 aliphatic carbocycles. The number of aromatic nitrogens is 2. The minimum absolute atomic E-state index is 0.107. The van der Waals surface area contributed by atoms with Crippen molar-refractivity contribution in [1.29, 1.82) is 0 Å². The number of benzene rings is 2. The molecule has 2 amide bonds. The van der Waals surface area contributed by atoms with Gasteiger partial charge in [-0.25, -0.2) is 18.6 Å². The van der Waals surface area contributed by atoms with Gasteiger partial charge in [0.25, 0.3) is 5.56 Å². The summed E-state index contributed by atoms with van der Waals surface area (Å²) in [7, 11) is 0. The van der Waals surface area contributed by atoms with E-state index in [9.17, 15) is 23.2 Å². The Labute approximate surface area is 200 Å². The fraction of sp³-hybridized carbons (Fsp3) is 0.280. The lowest BCUT2D eigenvalue weighted by Crippen LogP contribution is -2.42. The van der Waals surface area contributed by atoms with Gasteiger partial charge in [-0.1, -0.05) is 29.8 Å². The zero-order valence-electron chi connectivity index (χ0n) is 19.3. The van der Waals surface area contributed by atoms with E-state index >= 15 is 0 Å². The van der Waals surface area contributed by atoms with E-state index < -0.39 is 35.7 Å². The number of hydrogen-bond donors (Lipinski definition) is 1. The first-order chi connectivity index (χ1) is 16.8. The SMILES string of the molecule is CCOC(=O)N1CCc2c(nc(-c3ccc(C)cc3)n(CC(=O)Nc3ccc(F)cc3F)c2=O)C1. The number of nitrogens with zero attached hydrogens (tertiary/aromatic N) is 3. The highest BCUT2D eigenvalue weighted by atomic mass is 19.1. The molecule has 2 heterocycles. The first-order valence-electron chi connectivity index (χ1n) is 11.1. The molecular formula is C25H24F2N4O4. The monoisotopic (exact) mass is 482 g/mol. The van der Waals surface area contributed by atoms with Gasteiger partial charge in [0.15, 0.2) is 0 Å². The third-order valence-corrected chi connectivity index (χ3v) is 5.66. The molecule has 182 valence electrons. The lowest BCUT2D eigenvalue weighted by molar-refractivity contribution is -0.116. The van der Waals surface area contributed by atoms with Gasteiger partial charge in [0.05, 0.1) is 24.5 Å². The van der Waals surface area contributed by atoms with Crippen LogP contribution in [0.4, 0.5) is 19.3 Å². The van der Waals surface area contributed by atoms with Crippen LogP contribution in [0.2, 0.25) is 0 Å². The number of halogens is 2. The second-order valence-electron chi connectivity index (χ2n) is 8.16. The molecule has 0 saturated heterocycles. The largest absolute Gasteiger partial charge is 0.450 e. The summed E-state index contributed by atoms with van der Waals surface area (Å²) in [6, 6.07) is 10.1. The van der Waals surface area contributed by atoms with Crippen LogP contribution in [0.5, 0.6) is 0 Å². The van der Waals surface area contributed by atoms with E-state index in [0.717, 1.165) is 17.7 Å². The zero-order valence-corrected chi connectivity index (χ0v) is 19.3. The van der Waals surface area contributed by atoms with Gasteiger partial charge < -0.3 is 15.0 Å². The number of carbonyl (C=O) groups is 2. The molecule has 0 fully saturated rings. The maximum atomic E-state index is 14.0. The molecule has 2 aromatic carbocycles. The second kappa shape index (κ2) is 10.0. The van der Waals surface area contributed by atoms with E-state index in [-0.39, 0.29) is 37.6 Å². The molecule has 35 heavy (non-hydrogen) atoms. The van der Waals surface area contributed by atoms with Crippen molar-refractivity contribution >= 4 is 17.7 Å². The van der Waals surface area contributed by atoms with Crippen LogP contribution < -0.4 is 10.9 Å². The molecule has 0 unspecified atom stereocenters. The van der Waals surface area contributed by atoms with E-state index in [0.29, 0.717) is 22.9 Å². The molecule has 0 saturated carbocycles. The number of fused-ring (bicyclic) bond motifs is 1. The first kappa shape index (κ1) is 24.1. The molecule has 1 aliphatic rings. The molecule has 3 aromatic rings. The molecule has 0 bridgehead atoms. The molecule has 1 aromatic heterocycles. The molecular weight excluding hydrogens is 458 g/mol. The van der Waals surface area contributed by atoms with Crippen molar-refractivity contribution in [2.24, 2.45) is 0 Å². The summed E-state index contributed by atoms with van der Waals surface area (Å²) < 4.78 is 33.5. The van der Waals surface area contributed by atoms with Gasteiger partial charge in [0.1, 0.15) is 24.0 Å². The Bertz CT molecular complexity index is 1340. The topological polar surface area (TPSA) is 93.5 Å². The number of nitrogens with one attached hydrogen (secondary N) is 1. The van der Waals surface area contributed by atoms with Crippen LogP contribution in [-0.4, -0.2) is 39.6 Å². The number of carbonyl (C=O) groups excluding carboxylic acids is 2. The third kappa shape index (κ3) is 5.21. The summed E-state index contributed by atoms with van der Waals surface area (Å²) in [5.41, 5.74) is 1.83. The van der Waals surface area contributed by atoms with E-state index in [1.165, 1.54) is 9.47 Å². The van der Waals surface area contributed by atoms with Crippen LogP contribution >= 0.6 is 0 Å². The highest BCUT2D eigenvalue weighted by Gasteiger charge is 2.27. The number of hydrogen-bond acceptors (Lipinski definition) is 5. The molecule has 0 spiro atoms. The lowest BCUT2D eigenvalue weighted by atomic mass is 10.1. The van der Waals surface area contributed by atoms with Crippen LogP contribution in [0.15, 0.2) is 47.3 Å². The van der Waals surface area contributed by atoms with Crippen molar-refractivity contribution in [1.82, 2.24) is 14.5 Å². The van der Waals surface area contributed by atoms with Crippen molar-refractivity contribution in [3.05, 3.63) is 81.3 Å². The van der Waals surface area contributed by atoms with Gasteiger partial charge in [0, 0.05) is 23.7 Å². The minimum atomic E-state index is -0.924. The maximum Gasteiger partial charge on any atom is 0.410 e. The normalized spacial score (nSPS) is 12.7. The quantitative estimate of drug-likeness (QED) is 0.599. The van der Waals surface area contributed by atoms with Crippen LogP contribution in [0.1, 0.15) is 23.7 Å². The van der Waals surface area contributed by atoms with Crippen molar-refractivity contribution in [2.75, 3.05) is 18.5 Å². The lowest BCUT2D eigenvalue weighted by Gasteiger charge is -2.28. The summed E-state index contributed by atoms with van der Waals surface area (Å²) in [5.74, 6) is -2.12. The Morgan fingerprint density at radius 2 is 1.89 bits per heavy atom. The highest BCUT2D eigenvalue weighted by molar-refractivity contribution is 5.91. The number of amides is 2. The van der Waals surface area contributed by atoms with Crippen LogP contribution in [0, 0.1) is 18.6 Å². The fourth-order valence-corrected chi connectivity index (χ4v) is 3.89. The molecule has 8 nitrogen and oxygen atoms in total. The summed E-state index contributed by atoms with van der Waals surface area (Å²) >= 11 is 0. The van der Waals surface area contributed by atoms with Crippen molar-refractivity contribution in [3.63, 3.8) is 0 Å². The third-order valence-electron chi connectivity index (χ3n) is 5.66. The van der Waals surface area contributed by atoms with Gasteiger partial charge in [-0.15, -0.1) is 0 Å². The van der Waals surface area contributed by atoms with E-state index in [2.05, 4.69) is 10.3 Å². The summed E-state index contributed by atoms with van der Waals surface area (Å²) in [4.78, 5) is 44.6. The molecule has 4 rings (SSSR count). The first-order valence-corrected chi connectivity index (χ1v) is 11.1. The van der Waals surface area contributed by atoms with Gasteiger partial charge in [0.2, 0.25) is 5.91 Å². The van der Waals surface area contributed by atoms with Gasteiger partial charge in [-0.3, -0.25) is 14.2 Å². The molecule has 1 N–H and O–H groups in total. The maximum absolute atomic E-state index is 14.0. The smallest absolute Gasteiger partial charge is 0.410 e. The Balaban J connectivity index is 1.71. The minimum Gasteiger partial charge on any atom is -0.450 e. The van der Waals surface area contributed by atoms with Crippen LogP contribution in [-0.2, 0) is 29.0 Å². The predicted molar refractivity (Wildman–Crippen MR) is 125 cm³/mol. The zero-order chi connectivity index (χ0) is 25.1. The van der Waals surface area contributed by atoms with E-state index in [1.807, 2.05) is 19.1 Å². The average molecular weight is 482 g/mol. The fourth-order valence-electron chi connectivity index (χ4n) is 3.89. The van der Waals surface area contributed by atoms with Crippen molar-refractivity contribution < 1.29 is 23.1 Å². The number of ether oxygens (including phenoxy) is 1. The molecule has 0 radical (unpaired) electrons. The Morgan fingerprint density at radius 1 is 1.14 bits per heavy atom. The van der Waals surface area contributed by atoms with Gasteiger partial charge in [-0.2, -0.15) is 0 Å². The number of rotatable bonds is 5. The molecule has 0 atom stereocenters. The Hall–Kier alpha value is -4.08. The standard InChI is InChI=1S/C25H24F2N4O4/c1-3-35-25(34)30-11-10-18-21(13-30)29-23(16-6-4-15(2)5-7-16)31(24(18)33)14-22(32)28-20-9-8-17(26)12-19(20)27/h4-9,12H,3,10-11,13-14H2,1-2H3,(H,28,32). The van der Waals surface area contributed by atoms with Gasteiger partial charge in [-0.05, 0) is 32.4 Å². The molecule has 1 aliphatic heterocycles. The summed E-state index contributed by atoms with van der Waals surface area (Å²) in [6.45, 7) is 3.82. The van der Waals surface area contributed by atoms with Gasteiger partial charge >= 0.3 is 6.09 Å². The average Bonchev–Trinajstić information content (AvgIpc) is 2.83. The highest BCUT2D eigenvalue weighted by Crippen LogP contribution is 2.22. The second-order valence-corrected chi connectivity index (χ2v) is 8.16. The van der Waals surface area contributed by atoms with Crippen molar-refractivity contribution in [2.45, 2.75) is 33.4 Å². The number of anilines is 1. The molecule has 10 heteroatoms. The van der Waals surface area contributed by atoms with Crippen LogP contribution in [0.3, 0.4) is 0 Å². The van der Waals surface area contributed by atoms with E-state index in [4.69, 9.17) is 4.74 Å². The predicted octanol–water partition coefficient (Wildman–Crippen LogP) is 3.65. The van der Waals surface area contributed by atoms with Crippen molar-refractivity contribution in [3.8, 4) is 11.4 Å². The summed E-state index contributed by atoms with van der Waals surface area (Å²) in [5, 5.41) is 2.38. The Kier molecular flexibility index (Phi) is 6.90. The van der Waals surface area contributed by atoms with E-state index in [1.54, 1.807) is 19.1 Å². The number of aryl methyl sites for hydroxylation is 1.